The first-order valence-electron chi connectivity index (χ1n) is 6.56. The predicted octanol–water partition coefficient (Wildman–Crippen LogP) is 1.14. The van der Waals surface area contributed by atoms with Crippen LogP contribution in [-0.2, 0) is 14.3 Å². The number of hydrogen-bond donors (Lipinski definition) is 0. The maximum atomic E-state index is 12.5. The van der Waals surface area contributed by atoms with Crippen molar-refractivity contribution in [1.29, 1.82) is 0 Å². The molecule has 5 nitrogen and oxygen atoms in total. The molecule has 4 rings (SSSR count). The quantitative estimate of drug-likeness (QED) is 0.598. The number of carbonyl (C=O) groups excluding carboxylic acids is 2. The summed E-state index contributed by atoms with van der Waals surface area (Å²) in [5.41, 5.74) is 0.563. The van der Waals surface area contributed by atoms with Crippen molar-refractivity contribution in [3.63, 3.8) is 0 Å². The number of rotatable bonds is 2. The minimum Gasteiger partial charge on any atom is -0.497 e. The number of hydrogen-bond acceptors (Lipinski definition) is 4. The molecular weight excluding hydrogens is 258 g/mol. The van der Waals surface area contributed by atoms with Crippen molar-refractivity contribution in [2.24, 2.45) is 11.8 Å². The van der Waals surface area contributed by atoms with Crippen LogP contribution in [0.1, 0.15) is 0 Å². The zero-order chi connectivity index (χ0) is 13.9. The number of anilines is 1. The molecule has 2 fully saturated rings. The molecule has 2 bridgehead atoms. The molecule has 0 aromatic heterocycles. The molecule has 102 valence electrons. The Morgan fingerprint density at radius 2 is 1.75 bits per heavy atom. The van der Waals surface area contributed by atoms with Crippen molar-refractivity contribution in [1.82, 2.24) is 0 Å². The first-order valence-corrected chi connectivity index (χ1v) is 6.56. The van der Waals surface area contributed by atoms with Gasteiger partial charge in [-0.3, -0.25) is 9.59 Å². The first kappa shape index (κ1) is 11.7. The molecule has 1 aromatic carbocycles. The summed E-state index contributed by atoms with van der Waals surface area (Å²) < 4.78 is 10.8. The van der Waals surface area contributed by atoms with E-state index in [-0.39, 0.29) is 35.9 Å². The van der Waals surface area contributed by atoms with Crippen molar-refractivity contribution < 1.29 is 19.1 Å². The number of methoxy groups -OCH3 is 1. The fourth-order valence-corrected chi connectivity index (χ4v) is 3.31. The molecule has 0 aliphatic carbocycles. The van der Waals surface area contributed by atoms with E-state index < -0.39 is 0 Å². The number of ether oxygens (including phenoxy) is 2. The Morgan fingerprint density at radius 1 is 1.10 bits per heavy atom. The van der Waals surface area contributed by atoms with Crippen LogP contribution < -0.4 is 9.64 Å². The van der Waals surface area contributed by atoms with E-state index >= 15 is 0 Å². The lowest BCUT2D eigenvalue weighted by Gasteiger charge is -2.18. The number of amides is 2. The molecule has 2 saturated heterocycles. The topological polar surface area (TPSA) is 55.8 Å². The summed E-state index contributed by atoms with van der Waals surface area (Å²) in [4.78, 5) is 26.3. The van der Waals surface area contributed by atoms with E-state index in [4.69, 9.17) is 9.47 Å². The lowest BCUT2D eigenvalue weighted by Crippen LogP contribution is -2.34. The van der Waals surface area contributed by atoms with Gasteiger partial charge in [0, 0.05) is 6.07 Å². The SMILES string of the molecule is COc1cccc(N2C(=O)C3C4C=CC(O4)C3C2=O)c1. The molecule has 3 aliphatic heterocycles. The second-order valence-corrected chi connectivity index (χ2v) is 5.22. The van der Waals surface area contributed by atoms with Crippen LogP contribution in [-0.4, -0.2) is 31.1 Å². The summed E-state index contributed by atoms with van der Waals surface area (Å²) in [5, 5.41) is 0. The highest BCUT2D eigenvalue weighted by Crippen LogP contribution is 2.46. The molecule has 0 spiro atoms. The summed E-state index contributed by atoms with van der Waals surface area (Å²) in [7, 11) is 1.56. The van der Waals surface area contributed by atoms with Crippen LogP contribution in [0.3, 0.4) is 0 Å². The Morgan fingerprint density at radius 3 is 2.35 bits per heavy atom. The van der Waals surface area contributed by atoms with E-state index in [1.54, 1.807) is 31.4 Å². The fraction of sp³-hybridized carbons (Fsp3) is 0.333. The average Bonchev–Trinajstić information content (AvgIpc) is 3.13. The van der Waals surface area contributed by atoms with Crippen molar-refractivity contribution in [3.8, 4) is 5.75 Å². The first-order chi connectivity index (χ1) is 9.70. The number of carbonyl (C=O) groups is 2. The molecule has 5 heteroatoms. The normalized spacial score (nSPS) is 34.0. The van der Waals surface area contributed by atoms with Gasteiger partial charge in [0.05, 0.1) is 36.8 Å². The van der Waals surface area contributed by atoms with Gasteiger partial charge < -0.3 is 9.47 Å². The zero-order valence-electron chi connectivity index (χ0n) is 10.9. The van der Waals surface area contributed by atoms with Crippen molar-refractivity contribution in [2.75, 3.05) is 12.0 Å². The highest BCUT2D eigenvalue weighted by Gasteiger charge is 2.60. The molecule has 0 N–H and O–H groups in total. The van der Waals surface area contributed by atoms with Crippen molar-refractivity contribution in [3.05, 3.63) is 36.4 Å². The maximum absolute atomic E-state index is 12.5. The van der Waals surface area contributed by atoms with E-state index in [1.807, 2.05) is 12.2 Å². The summed E-state index contributed by atoms with van der Waals surface area (Å²) in [5.74, 6) is -0.472. The summed E-state index contributed by atoms with van der Waals surface area (Å²) in [6.45, 7) is 0. The monoisotopic (exact) mass is 271 g/mol. The van der Waals surface area contributed by atoms with Crippen LogP contribution in [0.25, 0.3) is 0 Å². The minimum absolute atomic E-state index is 0.176. The maximum Gasteiger partial charge on any atom is 0.240 e. The number of nitrogens with zero attached hydrogens (tertiary/aromatic N) is 1. The van der Waals surface area contributed by atoms with Crippen LogP contribution in [0, 0.1) is 11.8 Å². The van der Waals surface area contributed by atoms with E-state index in [2.05, 4.69) is 0 Å². The minimum atomic E-state index is -0.372. The largest absolute Gasteiger partial charge is 0.497 e. The number of fused-ring (bicyclic) bond motifs is 5. The fourth-order valence-electron chi connectivity index (χ4n) is 3.31. The molecular formula is C15H13NO4. The van der Waals surface area contributed by atoms with Gasteiger partial charge in [0.15, 0.2) is 0 Å². The Hall–Kier alpha value is -2.14. The third kappa shape index (κ3) is 1.35. The van der Waals surface area contributed by atoms with Crippen LogP contribution in [0.4, 0.5) is 5.69 Å². The zero-order valence-corrected chi connectivity index (χ0v) is 10.9. The standard InChI is InChI=1S/C15H13NO4/c1-19-9-4-2-3-8(7-9)16-14(17)12-10-5-6-11(20-10)13(12)15(16)18/h2-7,10-13H,1H3. The van der Waals surface area contributed by atoms with Gasteiger partial charge in [-0.25, -0.2) is 4.90 Å². The van der Waals surface area contributed by atoms with Gasteiger partial charge in [-0.1, -0.05) is 18.2 Å². The lowest BCUT2D eigenvalue weighted by molar-refractivity contribution is -0.124. The van der Waals surface area contributed by atoms with E-state index in [9.17, 15) is 9.59 Å². The molecule has 1 aromatic rings. The second-order valence-electron chi connectivity index (χ2n) is 5.22. The molecule has 4 unspecified atom stereocenters. The molecule has 3 aliphatic rings. The van der Waals surface area contributed by atoms with Crippen LogP contribution in [0.15, 0.2) is 36.4 Å². The summed E-state index contributed by atoms with van der Waals surface area (Å²) in [6, 6.07) is 7.00. The van der Waals surface area contributed by atoms with E-state index in [0.29, 0.717) is 11.4 Å². The van der Waals surface area contributed by atoms with E-state index in [1.165, 1.54) is 4.90 Å². The van der Waals surface area contributed by atoms with Crippen molar-refractivity contribution in [2.45, 2.75) is 12.2 Å². The Kier molecular flexibility index (Phi) is 2.29. The Balaban J connectivity index is 1.74. The third-order valence-electron chi connectivity index (χ3n) is 4.22. The molecule has 20 heavy (non-hydrogen) atoms. The van der Waals surface area contributed by atoms with Crippen molar-refractivity contribution >= 4 is 17.5 Å². The predicted molar refractivity (Wildman–Crippen MR) is 70.3 cm³/mol. The lowest BCUT2D eigenvalue weighted by atomic mass is 9.85. The second kappa shape index (κ2) is 3.93. The number of benzene rings is 1. The van der Waals surface area contributed by atoms with Gasteiger partial charge in [-0.05, 0) is 12.1 Å². The average molecular weight is 271 g/mol. The highest BCUT2D eigenvalue weighted by atomic mass is 16.5. The highest BCUT2D eigenvalue weighted by molar-refractivity contribution is 6.23. The Bertz CT molecular complexity index is 609. The molecule has 2 amide bonds. The van der Waals surface area contributed by atoms with Crippen LogP contribution in [0.5, 0.6) is 5.75 Å². The molecule has 0 saturated carbocycles. The summed E-state index contributed by atoms with van der Waals surface area (Å²) >= 11 is 0. The molecule has 3 heterocycles. The Labute approximate surface area is 115 Å². The van der Waals surface area contributed by atoms with Gasteiger partial charge in [-0.15, -0.1) is 0 Å². The van der Waals surface area contributed by atoms with E-state index in [0.717, 1.165) is 0 Å². The van der Waals surface area contributed by atoms with Gasteiger partial charge in [0.25, 0.3) is 0 Å². The number of imide groups is 1. The molecule has 4 atom stereocenters. The van der Waals surface area contributed by atoms with Crippen LogP contribution in [0.2, 0.25) is 0 Å². The van der Waals surface area contributed by atoms with Crippen LogP contribution >= 0.6 is 0 Å². The van der Waals surface area contributed by atoms with Gasteiger partial charge >= 0.3 is 0 Å². The van der Waals surface area contributed by atoms with Gasteiger partial charge in [-0.2, -0.15) is 0 Å². The molecule has 0 radical (unpaired) electrons. The summed E-state index contributed by atoms with van der Waals surface area (Å²) in [6.07, 6.45) is 3.26. The smallest absolute Gasteiger partial charge is 0.240 e. The van der Waals surface area contributed by atoms with Gasteiger partial charge in [0.2, 0.25) is 11.8 Å². The van der Waals surface area contributed by atoms with Gasteiger partial charge in [0.1, 0.15) is 5.75 Å². The third-order valence-corrected chi connectivity index (χ3v) is 4.22.